The fraction of sp³-hybridized carbons (Fsp3) is 0. The maximum atomic E-state index is 7.12. The van der Waals surface area contributed by atoms with Gasteiger partial charge in [0.25, 0.3) is 0 Å². The molecule has 0 aromatic heterocycles. The first-order valence-corrected chi connectivity index (χ1v) is 1.68. The predicted molar refractivity (Wildman–Crippen MR) is 3.71 cm³/mol. The molecule has 0 aliphatic rings. The van der Waals surface area contributed by atoms with Gasteiger partial charge in [0.2, 0.25) is 0 Å². The second kappa shape index (κ2) is 8.97. The van der Waals surface area contributed by atoms with Gasteiger partial charge in [0.1, 0.15) is 0 Å². The molecule has 0 aromatic carbocycles. The van der Waals surface area contributed by atoms with Gasteiger partial charge >= 0.3 is 27.6 Å². The van der Waals surface area contributed by atoms with E-state index < -0.39 is 0 Å². The van der Waals surface area contributed by atoms with E-state index in [2.05, 4.69) is 3.71 Å². The van der Waals surface area contributed by atoms with E-state index in [1.54, 1.807) is 0 Å². The molecule has 0 saturated carbocycles. The maximum absolute atomic E-state index is 7.12. The average molecular weight is 157 g/mol. The van der Waals surface area contributed by atoms with Gasteiger partial charge in [-0.1, -0.05) is 0 Å². The van der Waals surface area contributed by atoms with Crippen molar-refractivity contribution in [3.05, 3.63) is 0 Å². The average Bonchev–Trinajstić information content (AvgIpc) is 0.918. The molecule has 0 atom stereocenters. The topological polar surface area (TPSA) is 29.5 Å². The van der Waals surface area contributed by atoms with Gasteiger partial charge in [-0.25, -0.2) is 0 Å². The van der Waals surface area contributed by atoms with Crippen molar-refractivity contribution in [2.24, 2.45) is 0 Å². The molecule has 0 bridgehead atoms. The Morgan fingerprint density at radius 2 is 1.75 bits per heavy atom. The Kier molecular flexibility index (Phi) is 20.0. The van der Waals surface area contributed by atoms with Crippen molar-refractivity contribution in [2.45, 2.75) is 0 Å². The zero-order valence-electron chi connectivity index (χ0n) is 1.88. The number of rotatable bonds is 0. The van der Waals surface area contributed by atoms with Crippen LogP contribution in [0.1, 0.15) is 0 Å². The Balaban J connectivity index is 0. The summed E-state index contributed by atoms with van der Waals surface area (Å²) < 4.78 is 3.38. The molecule has 0 radical (unpaired) electrons. The van der Waals surface area contributed by atoms with Gasteiger partial charge in [0, 0.05) is 16.5 Å². The molecule has 0 aliphatic heterocycles. The van der Waals surface area contributed by atoms with E-state index in [-0.39, 0.29) is 16.5 Å². The SMILES string of the molecule is O[O][Zn].[Ni]. The van der Waals surface area contributed by atoms with Crippen LogP contribution in [0.15, 0.2) is 0 Å². The number of hydrogen-bond donors (Lipinski definition) is 1. The normalized spacial score (nSPS) is 4.75. The van der Waals surface area contributed by atoms with Gasteiger partial charge < -0.3 is 0 Å². The zero-order chi connectivity index (χ0) is 2.71. The van der Waals surface area contributed by atoms with Gasteiger partial charge in [0.05, 0.1) is 0 Å². The predicted octanol–water partition coefficient (Wildman–Crippen LogP) is -0.0647. The molecule has 1 N–H and O–H groups in total. The summed E-state index contributed by atoms with van der Waals surface area (Å²) >= 11 is 0.500. The Hall–Kier alpha value is 1.04. The minimum Gasteiger partial charge on any atom is 0 e. The fourth-order valence-electron chi connectivity index (χ4n) is 0. The maximum Gasteiger partial charge on any atom is 0 e. The molecule has 0 unspecified atom stereocenters. The van der Waals surface area contributed by atoms with E-state index in [4.69, 9.17) is 5.26 Å². The monoisotopic (exact) mass is 155 g/mol. The molecular weight excluding hydrogens is 156 g/mol. The van der Waals surface area contributed by atoms with Gasteiger partial charge in [-0.05, 0) is 0 Å². The Labute approximate surface area is 44.5 Å². The van der Waals surface area contributed by atoms with Gasteiger partial charge in [-0.15, -0.1) is 0 Å². The van der Waals surface area contributed by atoms with Gasteiger partial charge in [0.15, 0.2) is 0 Å². The van der Waals surface area contributed by atoms with Crippen LogP contribution in [0.5, 0.6) is 0 Å². The Bertz CT molecular complexity index is 6.00. The van der Waals surface area contributed by atoms with Gasteiger partial charge in [-0.3, -0.25) is 0 Å². The largest absolute Gasteiger partial charge is 0 e. The Morgan fingerprint density at radius 1 is 1.75 bits per heavy atom. The van der Waals surface area contributed by atoms with E-state index in [1.165, 1.54) is 0 Å². The molecule has 0 aliphatic carbocycles. The summed E-state index contributed by atoms with van der Waals surface area (Å²) in [6, 6.07) is 0. The Morgan fingerprint density at radius 3 is 1.75 bits per heavy atom. The van der Waals surface area contributed by atoms with Crippen LogP contribution in [0.2, 0.25) is 0 Å². The molecule has 0 heterocycles. The summed E-state index contributed by atoms with van der Waals surface area (Å²) in [7, 11) is 0. The van der Waals surface area contributed by atoms with Crippen LogP contribution in [0, 0.1) is 0 Å². The molecule has 0 amide bonds. The minimum atomic E-state index is 0. The van der Waals surface area contributed by atoms with Crippen molar-refractivity contribution in [1.29, 1.82) is 0 Å². The van der Waals surface area contributed by atoms with Crippen LogP contribution < -0.4 is 0 Å². The minimum absolute atomic E-state index is 0. The smallest absolute Gasteiger partial charge is 0 e. The van der Waals surface area contributed by atoms with Crippen LogP contribution >= 0.6 is 0 Å². The van der Waals surface area contributed by atoms with Crippen molar-refractivity contribution in [3.8, 4) is 0 Å². The molecule has 0 spiro atoms. The standard InChI is InChI=1S/Ni.H2O2.Zn/c;1-2;/h;1-2H;/q;;+1/p-1. The molecule has 0 fully saturated rings. The third-order valence-electron chi connectivity index (χ3n) is 0. The van der Waals surface area contributed by atoms with E-state index >= 15 is 0 Å². The molecule has 2 nitrogen and oxygen atoms in total. The van der Waals surface area contributed by atoms with Crippen LogP contribution in [0.4, 0.5) is 0 Å². The molecule has 25 valence electrons. The first kappa shape index (κ1) is 8.90. The molecule has 4 heavy (non-hydrogen) atoms. The van der Waals surface area contributed by atoms with Crippen LogP contribution in [0.3, 0.4) is 0 Å². The molecule has 0 saturated heterocycles. The van der Waals surface area contributed by atoms with E-state index in [0.29, 0.717) is 18.7 Å². The molecule has 0 aromatic rings. The third-order valence-corrected chi connectivity index (χ3v) is 0. The van der Waals surface area contributed by atoms with Crippen LogP contribution in [-0.4, -0.2) is 5.26 Å². The summed E-state index contributed by atoms with van der Waals surface area (Å²) in [5.41, 5.74) is 0. The van der Waals surface area contributed by atoms with Crippen molar-refractivity contribution in [1.82, 2.24) is 0 Å². The zero-order valence-corrected chi connectivity index (χ0v) is 5.83. The van der Waals surface area contributed by atoms with E-state index in [0.717, 1.165) is 0 Å². The first-order chi connectivity index (χ1) is 1.41. The van der Waals surface area contributed by atoms with E-state index in [1.807, 2.05) is 0 Å². The fourth-order valence-corrected chi connectivity index (χ4v) is 0. The summed E-state index contributed by atoms with van der Waals surface area (Å²) in [4.78, 5) is 0. The summed E-state index contributed by atoms with van der Waals surface area (Å²) in [6.45, 7) is 0. The summed E-state index contributed by atoms with van der Waals surface area (Å²) in [5.74, 6) is 0. The summed E-state index contributed by atoms with van der Waals surface area (Å²) in [5, 5.41) is 7.12. The molecule has 0 rings (SSSR count). The second-order valence-electron chi connectivity index (χ2n) is 0.129. The molecule has 4 heteroatoms. The van der Waals surface area contributed by atoms with Crippen LogP contribution in [0.25, 0.3) is 0 Å². The second-order valence-corrected chi connectivity index (χ2v) is 0.671. The number of hydrogen-bond acceptors (Lipinski definition) is 2. The van der Waals surface area contributed by atoms with Crippen LogP contribution in [-0.2, 0) is 38.9 Å². The van der Waals surface area contributed by atoms with Crippen molar-refractivity contribution < 1.29 is 44.1 Å². The first-order valence-electron chi connectivity index (χ1n) is 0.471. The quantitative estimate of drug-likeness (QED) is 0.303. The van der Waals surface area contributed by atoms with Crippen molar-refractivity contribution in [2.75, 3.05) is 0 Å². The van der Waals surface area contributed by atoms with E-state index in [9.17, 15) is 0 Å². The van der Waals surface area contributed by atoms with Gasteiger partial charge in [-0.2, -0.15) is 0 Å². The van der Waals surface area contributed by atoms with Crippen molar-refractivity contribution in [3.63, 3.8) is 0 Å². The van der Waals surface area contributed by atoms with Crippen molar-refractivity contribution >= 4 is 0 Å². The third kappa shape index (κ3) is 11.7. The molecular formula is HNiO2Zn. The summed E-state index contributed by atoms with van der Waals surface area (Å²) in [6.07, 6.45) is 0.